The van der Waals surface area contributed by atoms with Crippen molar-refractivity contribution in [3.8, 4) is 0 Å². The van der Waals surface area contributed by atoms with Crippen molar-refractivity contribution in [3.05, 3.63) is 52.4 Å². The Morgan fingerprint density at radius 2 is 2.14 bits per heavy atom. The summed E-state index contributed by atoms with van der Waals surface area (Å²) in [5.74, 6) is 0.279. The third-order valence-corrected chi connectivity index (χ3v) is 3.40. The maximum atomic E-state index is 12.2. The molecule has 0 fully saturated rings. The highest BCUT2D eigenvalue weighted by Crippen LogP contribution is 2.16. The Hall–Kier alpha value is -2.14. The van der Waals surface area contributed by atoms with E-state index in [4.69, 9.17) is 11.6 Å². The molecule has 0 aliphatic rings. The third kappa shape index (κ3) is 3.70. The SMILES string of the molecule is CCc1cccnc1CNC(=O)c1nc(NC)ccc1Cl. The van der Waals surface area contributed by atoms with Crippen molar-refractivity contribution in [3.63, 3.8) is 0 Å². The van der Waals surface area contributed by atoms with E-state index in [1.165, 1.54) is 0 Å². The van der Waals surface area contributed by atoms with Crippen molar-refractivity contribution in [2.24, 2.45) is 0 Å². The van der Waals surface area contributed by atoms with E-state index in [0.29, 0.717) is 17.4 Å². The molecule has 1 amide bonds. The Labute approximate surface area is 128 Å². The van der Waals surface area contributed by atoms with E-state index in [1.807, 2.05) is 12.1 Å². The topological polar surface area (TPSA) is 66.9 Å². The number of rotatable bonds is 5. The quantitative estimate of drug-likeness (QED) is 0.891. The number of nitrogens with zero attached hydrogens (tertiary/aromatic N) is 2. The standard InChI is InChI=1S/C15H17ClN4O/c1-3-10-5-4-8-18-12(10)9-19-15(21)14-11(16)6-7-13(17-2)20-14/h4-8H,3,9H2,1-2H3,(H,17,20)(H,19,21). The molecule has 0 spiro atoms. The third-order valence-electron chi connectivity index (χ3n) is 3.10. The molecule has 110 valence electrons. The van der Waals surface area contributed by atoms with E-state index in [9.17, 15) is 4.79 Å². The van der Waals surface area contributed by atoms with E-state index in [0.717, 1.165) is 17.7 Å². The summed E-state index contributed by atoms with van der Waals surface area (Å²) in [6.45, 7) is 2.40. The van der Waals surface area contributed by atoms with Gasteiger partial charge in [0.25, 0.3) is 5.91 Å². The minimum atomic E-state index is -0.315. The number of carbonyl (C=O) groups is 1. The van der Waals surface area contributed by atoms with Crippen molar-refractivity contribution in [2.45, 2.75) is 19.9 Å². The van der Waals surface area contributed by atoms with Gasteiger partial charge in [0, 0.05) is 13.2 Å². The van der Waals surface area contributed by atoms with Gasteiger partial charge in [0.05, 0.1) is 17.3 Å². The fourth-order valence-corrected chi connectivity index (χ4v) is 2.13. The molecule has 0 bridgehead atoms. The van der Waals surface area contributed by atoms with Crippen molar-refractivity contribution < 1.29 is 4.79 Å². The van der Waals surface area contributed by atoms with E-state index >= 15 is 0 Å². The second kappa shape index (κ2) is 7.04. The van der Waals surface area contributed by atoms with Gasteiger partial charge in [-0.15, -0.1) is 0 Å². The van der Waals surface area contributed by atoms with Crippen LogP contribution in [0.3, 0.4) is 0 Å². The number of anilines is 1. The van der Waals surface area contributed by atoms with Crippen LogP contribution in [-0.2, 0) is 13.0 Å². The lowest BCUT2D eigenvalue weighted by Gasteiger charge is -2.09. The molecule has 0 radical (unpaired) electrons. The van der Waals surface area contributed by atoms with Gasteiger partial charge in [-0.3, -0.25) is 9.78 Å². The Morgan fingerprint density at radius 3 is 2.86 bits per heavy atom. The number of carbonyl (C=O) groups excluding carboxylic acids is 1. The van der Waals surface area contributed by atoms with Crippen LogP contribution >= 0.6 is 11.6 Å². The van der Waals surface area contributed by atoms with Gasteiger partial charge in [0.2, 0.25) is 0 Å². The van der Waals surface area contributed by atoms with Gasteiger partial charge >= 0.3 is 0 Å². The maximum absolute atomic E-state index is 12.2. The zero-order valence-corrected chi connectivity index (χ0v) is 12.7. The van der Waals surface area contributed by atoms with E-state index < -0.39 is 0 Å². The van der Waals surface area contributed by atoms with Crippen LogP contribution in [0.1, 0.15) is 28.7 Å². The average Bonchev–Trinajstić information content (AvgIpc) is 2.53. The first-order chi connectivity index (χ1) is 10.2. The molecule has 2 aromatic rings. The molecule has 0 aliphatic carbocycles. The van der Waals surface area contributed by atoms with Crippen LogP contribution in [0.25, 0.3) is 0 Å². The van der Waals surface area contributed by atoms with Crippen LogP contribution in [0.4, 0.5) is 5.82 Å². The van der Waals surface area contributed by atoms with Crippen LogP contribution in [0.2, 0.25) is 5.02 Å². The fourth-order valence-electron chi connectivity index (χ4n) is 1.94. The molecule has 0 saturated heterocycles. The highest BCUT2D eigenvalue weighted by molar-refractivity contribution is 6.33. The predicted octanol–water partition coefficient (Wildman–Crippen LogP) is 2.66. The lowest BCUT2D eigenvalue weighted by molar-refractivity contribution is 0.0945. The summed E-state index contributed by atoms with van der Waals surface area (Å²) in [5.41, 5.74) is 2.17. The summed E-state index contributed by atoms with van der Waals surface area (Å²) >= 11 is 6.02. The molecule has 6 heteroatoms. The molecule has 0 atom stereocenters. The molecule has 2 rings (SSSR count). The molecule has 5 nitrogen and oxygen atoms in total. The first-order valence-corrected chi connectivity index (χ1v) is 7.08. The predicted molar refractivity (Wildman–Crippen MR) is 83.6 cm³/mol. The summed E-state index contributed by atoms with van der Waals surface area (Å²) in [7, 11) is 1.74. The van der Waals surface area contributed by atoms with Crippen molar-refractivity contribution in [1.82, 2.24) is 15.3 Å². The van der Waals surface area contributed by atoms with E-state index in [2.05, 4.69) is 27.5 Å². The maximum Gasteiger partial charge on any atom is 0.271 e. The molecule has 0 aliphatic heterocycles. The monoisotopic (exact) mass is 304 g/mol. The minimum Gasteiger partial charge on any atom is -0.373 e. The minimum absolute atomic E-state index is 0.206. The van der Waals surface area contributed by atoms with Gasteiger partial charge in [-0.2, -0.15) is 0 Å². The van der Waals surface area contributed by atoms with Crippen molar-refractivity contribution in [2.75, 3.05) is 12.4 Å². The molecule has 0 aromatic carbocycles. The number of amides is 1. The Bertz CT molecular complexity index is 645. The number of aromatic nitrogens is 2. The molecular formula is C15H17ClN4O. The van der Waals surface area contributed by atoms with E-state index in [-0.39, 0.29) is 11.6 Å². The molecule has 2 aromatic heterocycles. The Morgan fingerprint density at radius 1 is 1.33 bits per heavy atom. The zero-order valence-electron chi connectivity index (χ0n) is 12.0. The van der Waals surface area contributed by atoms with Crippen LogP contribution < -0.4 is 10.6 Å². The molecule has 0 saturated carbocycles. The fraction of sp³-hybridized carbons (Fsp3) is 0.267. The van der Waals surface area contributed by atoms with Crippen LogP contribution in [0.15, 0.2) is 30.5 Å². The highest BCUT2D eigenvalue weighted by atomic mass is 35.5. The number of nitrogens with one attached hydrogen (secondary N) is 2. The summed E-state index contributed by atoms with van der Waals surface area (Å²) in [6.07, 6.45) is 2.58. The molecule has 0 unspecified atom stereocenters. The van der Waals surface area contributed by atoms with E-state index in [1.54, 1.807) is 25.4 Å². The molecule has 2 N–H and O–H groups in total. The first kappa shape index (κ1) is 15.3. The van der Waals surface area contributed by atoms with Crippen LogP contribution in [-0.4, -0.2) is 22.9 Å². The van der Waals surface area contributed by atoms with Gasteiger partial charge in [0.1, 0.15) is 11.5 Å². The number of halogens is 1. The largest absolute Gasteiger partial charge is 0.373 e. The second-order valence-electron chi connectivity index (χ2n) is 4.42. The number of aryl methyl sites for hydroxylation is 1. The number of hydrogen-bond acceptors (Lipinski definition) is 4. The van der Waals surface area contributed by atoms with Crippen LogP contribution in [0, 0.1) is 0 Å². The molecular weight excluding hydrogens is 288 g/mol. The number of hydrogen-bond donors (Lipinski definition) is 2. The lowest BCUT2D eigenvalue weighted by atomic mass is 10.1. The number of pyridine rings is 2. The lowest BCUT2D eigenvalue weighted by Crippen LogP contribution is -2.25. The first-order valence-electron chi connectivity index (χ1n) is 6.71. The molecule has 2 heterocycles. The summed E-state index contributed by atoms with van der Waals surface area (Å²) in [5, 5.41) is 6.01. The van der Waals surface area contributed by atoms with Gasteiger partial charge < -0.3 is 10.6 Å². The average molecular weight is 305 g/mol. The van der Waals surface area contributed by atoms with Gasteiger partial charge in [0.15, 0.2) is 0 Å². The highest BCUT2D eigenvalue weighted by Gasteiger charge is 2.13. The normalized spacial score (nSPS) is 10.2. The summed E-state index contributed by atoms with van der Waals surface area (Å²) < 4.78 is 0. The smallest absolute Gasteiger partial charge is 0.271 e. The van der Waals surface area contributed by atoms with Gasteiger partial charge in [-0.1, -0.05) is 24.6 Å². The van der Waals surface area contributed by atoms with Crippen molar-refractivity contribution >= 4 is 23.3 Å². The summed E-state index contributed by atoms with van der Waals surface area (Å²) in [6, 6.07) is 7.25. The van der Waals surface area contributed by atoms with Crippen LogP contribution in [0.5, 0.6) is 0 Å². The second-order valence-corrected chi connectivity index (χ2v) is 4.83. The zero-order chi connectivity index (χ0) is 15.2. The van der Waals surface area contributed by atoms with Gasteiger partial charge in [-0.25, -0.2) is 4.98 Å². The Balaban J connectivity index is 2.11. The van der Waals surface area contributed by atoms with Gasteiger partial charge in [-0.05, 0) is 30.2 Å². The molecule has 21 heavy (non-hydrogen) atoms. The Kier molecular flexibility index (Phi) is 5.11. The summed E-state index contributed by atoms with van der Waals surface area (Å²) in [4.78, 5) is 20.7. The van der Waals surface area contributed by atoms with Crippen molar-refractivity contribution in [1.29, 1.82) is 0 Å².